The molecular formula is C21H16N4O2S. The maximum absolute atomic E-state index is 11.9. The van der Waals surface area contributed by atoms with Gasteiger partial charge in [0.05, 0.1) is 0 Å². The molecule has 2 aromatic carbocycles. The Balaban J connectivity index is 1.81. The van der Waals surface area contributed by atoms with Crippen molar-refractivity contribution in [1.29, 1.82) is 0 Å². The van der Waals surface area contributed by atoms with Gasteiger partial charge in [-0.3, -0.25) is 14.3 Å². The van der Waals surface area contributed by atoms with Crippen molar-refractivity contribution in [3.63, 3.8) is 0 Å². The predicted octanol–water partition coefficient (Wildman–Crippen LogP) is 4.25. The lowest BCUT2D eigenvalue weighted by Crippen LogP contribution is -2.09. The van der Waals surface area contributed by atoms with Crippen molar-refractivity contribution in [2.75, 3.05) is 0 Å². The van der Waals surface area contributed by atoms with E-state index >= 15 is 0 Å². The Morgan fingerprint density at radius 3 is 2.18 bits per heavy atom. The molecule has 0 bridgehead atoms. The first-order chi connectivity index (χ1) is 13.7. The average molecular weight is 388 g/mol. The molecular weight excluding hydrogens is 372 g/mol. The second-order valence-electron chi connectivity index (χ2n) is 5.96. The molecule has 1 N–H and O–H groups in total. The van der Waals surface area contributed by atoms with Crippen molar-refractivity contribution in [2.45, 2.75) is 10.4 Å². The minimum absolute atomic E-state index is 0.509. The number of aliphatic carboxylic acids is 1. The Morgan fingerprint density at radius 2 is 1.54 bits per heavy atom. The normalized spacial score (nSPS) is 11.9. The number of nitrogens with zero attached hydrogens (tertiary/aromatic N) is 4. The van der Waals surface area contributed by atoms with Crippen LogP contribution >= 0.6 is 11.8 Å². The zero-order valence-electron chi connectivity index (χ0n) is 14.7. The minimum atomic E-state index is -0.927. The number of hydrogen-bond donors (Lipinski definition) is 1. The van der Waals surface area contributed by atoms with Gasteiger partial charge in [0.25, 0.3) is 0 Å². The molecule has 28 heavy (non-hydrogen) atoms. The van der Waals surface area contributed by atoms with E-state index in [1.54, 1.807) is 24.5 Å². The van der Waals surface area contributed by atoms with Crippen LogP contribution in [0.3, 0.4) is 0 Å². The monoisotopic (exact) mass is 388 g/mol. The molecule has 0 aliphatic carbocycles. The number of aromatic nitrogens is 4. The van der Waals surface area contributed by atoms with Crippen LogP contribution in [0, 0.1) is 0 Å². The van der Waals surface area contributed by atoms with Gasteiger partial charge in [0.15, 0.2) is 11.0 Å². The highest BCUT2D eigenvalue weighted by Gasteiger charge is 2.26. The Kier molecular flexibility index (Phi) is 5.16. The SMILES string of the molecule is O=C(O)[C@H](Sc1nnc(-c2ccncc2)n1-c1ccccc1)c1ccccc1. The van der Waals surface area contributed by atoms with Crippen LogP contribution in [0.15, 0.2) is 90.3 Å². The molecule has 2 aromatic heterocycles. The summed E-state index contributed by atoms with van der Waals surface area (Å²) in [4.78, 5) is 16.0. The molecule has 0 aliphatic rings. The largest absolute Gasteiger partial charge is 0.480 e. The van der Waals surface area contributed by atoms with Crippen LogP contribution in [0.4, 0.5) is 0 Å². The lowest BCUT2D eigenvalue weighted by Gasteiger charge is -2.14. The maximum atomic E-state index is 11.9. The Hall–Kier alpha value is -3.45. The molecule has 0 saturated heterocycles. The third-order valence-electron chi connectivity index (χ3n) is 4.14. The Morgan fingerprint density at radius 1 is 0.893 bits per heavy atom. The van der Waals surface area contributed by atoms with E-state index in [4.69, 9.17) is 0 Å². The van der Waals surface area contributed by atoms with Crippen LogP contribution in [0.2, 0.25) is 0 Å². The smallest absolute Gasteiger partial charge is 0.321 e. The standard InChI is InChI=1S/C21H16N4O2S/c26-20(27)18(15-7-3-1-4-8-15)28-21-24-23-19(16-11-13-22-14-12-16)25(21)17-9-5-2-6-10-17/h1-14,18H,(H,26,27)/t18-/m1/s1. The summed E-state index contributed by atoms with van der Waals surface area (Å²) < 4.78 is 1.87. The van der Waals surface area contributed by atoms with E-state index in [1.807, 2.05) is 65.2 Å². The topological polar surface area (TPSA) is 80.9 Å². The third kappa shape index (κ3) is 3.65. The number of rotatable bonds is 6. The molecule has 0 fully saturated rings. The van der Waals surface area contributed by atoms with Crippen molar-refractivity contribution in [1.82, 2.24) is 19.7 Å². The summed E-state index contributed by atoms with van der Waals surface area (Å²) in [7, 11) is 0. The highest BCUT2D eigenvalue weighted by molar-refractivity contribution is 8.00. The number of carboxylic acid groups (broad SMARTS) is 1. The number of pyridine rings is 1. The minimum Gasteiger partial charge on any atom is -0.480 e. The van der Waals surface area contributed by atoms with Gasteiger partial charge in [-0.2, -0.15) is 0 Å². The van der Waals surface area contributed by atoms with E-state index in [-0.39, 0.29) is 0 Å². The third-order valence-corrected chi connectivity index (χ3v) is 5.32. The molecule has 0 unspecified atom stereocenters. The van der Waals surface area contributed by atoms with E-state index in [0.29, 0.717) is 16.5 Å². The van der Waals surface area contributed by atoms with Crippen molar-refractivity contribution < 1.29 is 9.90 Å². The van der Waals surface area contributed by atoms with E-state index in [9.17, 15) is 9.90 Å². The van der Waals surface area contributed by atoms with Crippen LogP contribution in [-0.4, -0.2) is 30.8 Å². The fourth-order valence-corrected chi connectivity index (χ4v) is 3.83. The van der Waals surface area contributed by atoms with Crippen LogP contribution in [-0.2, 0) is 4.79 Å². The summed E-state index contributed by atoms with van der Waals surface area (Å²) in [6.07, 6.45) is 3.38. The number of carboxylic acids is 1. The average Bonchev–Trinajstić information content (AvgIpc) is 3.17. The zero-order chi connectivity index (χ0) is 19.3. The summed E-state index contributed by atoms with van der Waals surface area (Å²) in [5.74, 6) is -0.294. The highest BCUT2D eigenvalue weighted by atomic mass is 32.2. The molecule has 7 heteroatoms. The first-order valence-electron chi connectivity index (χ1n) is 8.59. The Labute approximate surface area is 165 Å². The van der Waals surface area contributed by atoms with Crippen LogP contribution < -0.4 is 0 Å². The maximum Gasteiger partial charge on any atom is 0.321 e. The van der Waals surface area contributed by atoms with Gasteiger partial charge < -0.3 is 5.11 Å². The number of hydrogen-bond acceptors (Lipinski definition) is 5. The van der Waals surface area contributed by atoms with E-state index < -0.39 is 11.2 Å². The lowest BCUT2D eigenvalue weighted by molar-refractivity contribution is -0.136. The van der Waals surface area contributed by atoms with Gasteiger partial charge in [0.2, 0.25) is 0 Å². The molecule has 0 amide bonds. The van der Waals surface area contributed by atoms with Gasteiger partial charge >= 0.3 is 5.97 Å². The second-order valence-corrected chi connectivity index (χ2v) is 7.03. The molecule has 0 aliphatic heterocycles. The molecule has 0 radical (unpaired) electrons. The lowest BCUT2D eigenvalue weighted by atomic mass is 10.1. The van der Waals surface area contributed by atoms with E-state index in [1.165, 1.54) is 0 Å². The molecule has 4 aromatic rings. The first kappa shape index (κ1) is 17.9. The van der Waals surface area contributed by atoms with Gasteiger partial charge in [-0.05, 0) is 29.8 Å². The molecule has 0 saturated carbocycles. The summed E-state index contributed by atoms with van der Waals surface area (Å²) in [6, 6.07) is 22.5. The fraction of sp³-hybridized carbons (Fsp3) is 0.0476. The number of thioether (sulfide) groups is 1. The molecule has 0 spiro atoms. The van der Waals surface area contributed by atoms with Gasteiger partial charge in [-0.1, -0.05) is 60.3 Å². The molecule has 1 atom stereocenters. The van der Waals surface area contributed by atoms with Crippen molar-refractivity contribution in [3.8, 4) is 17.1 Å². The van der Waals surface area contributed by atoms with Crippen LogP contribution in [0.25, 0.3) is 17.1 Å². The summed E-state index contributed by atoms with van der Waals surface area (Å²) >= 11 is 1.16. The molecule has 4 rings (SSSR count). The van der Waals surface area contributed by atoms with Crippen molar-refractivity contribution in [3.05, 3.63) is 90.8 Å². The van der Waals surface area contributed by atoms with Crippen molar-refractivity contribution >= 4 is 17.7 Å². The van der Waals surface area contributed by atoms with Crippen LogP contribution in [0.5, 0.6) is 0 Å². The quantitative estimate of drug-likeness (QED) is 0.498. The molecule has 2 heterocycles. The van der Waals surface area contributed by atoms with Gasteiger partial charge in [-0.25, -0.2) is 0 Å². The molecule has 138 valence electrons. The van der Waals surface area contributed by atoms with Gasteiger partial charge in [0, 0.05) is 23.6 Å². The number of benzene rings is 2. The number of carbonyl (C=O) groups is 1. The molecule has 6 nitrogen and oxygen atoms in total. The summed E-state index contributed by atoms with van der Waals surface area (Å²) in [5.41, 5.74) is 2.41. The van der Waals surface area contributed by atoms with Crippen molar-refractivity contribution in [2.24, 2.45) is 0 Å². The fourth-order valence-electron chi connectivity index (χ4n) is 2.84. The van der Waals surface area contributed by atoms with E-state index in [0.717, 1.165) is 23.0 Å². The van der Waals surface area contributed by atoms with Gasteiger partial charge in [-0.15, -0.1) is 10.2 Å². The highest BCUT2D eigenvalue weighted by Crippen LogP contribution is 2.37. The van der Waals surface area contributed by atoms with E-state index in [2.05, 4.69) is 15.2 Å². The number of para-hydroxylation sites is 1. The zero-order valence-corrected chi connectivity index (χ0v) is 15.5. The van der Waals surface area contributed by atoms with Gasteiger partial charge in [0.1, 0.15) is 5.25 Å². The van der Waals surface area contributed by atoms with Crippen LogP contribution in [0.1, 0.15) is 10.8 Å². The summed E-state index contributed by atoms with van der Waals surface area (Å²) in [6.45, 7) is 0. The predicted molar refractivity (Wildman–Crippen MR) is 107 cm³/mol. The Bertz CT molecular complexity index is 1070. The second kappa shape index (κ2) is 8.06. The summed E-state index contributed by atoms with van der Waals surface area (Å²) in [5, 5.41) is 18.2. The first-order valence-corrected chi connectivity index (χ1v) is 9.47.